The lowest BCUT2D eigenvalue weighted by atomic mass is 9.79. The standard InChI is InChI=1S/C102H156N4O8/c1-17-21-25-29-33-37-41-45-49-53-61-111-93-69-87(103-73-77-65-79(99(5,6)7)67-85(97(77)109)101(11,12)13)89(71-95(93)113-63-55-51-47-43-39-35-31-27-23-19-3)105-75-83-81-57-60-92(108)84(82(81)58-59-91(83)107)76-106-90-72-96(114-64-56-52-48-44-40-36-32-28-24-20-4)94(112-62-54-50-46-42-38-34-30-26-22-18-2)70-88(90)104-74-78-66-80(100(8,9)10)68-86(98(78)110)102(14,15)16/h57-60,65-76,107-110H,17-56,61-64H2,1-16H3. The number of ether oxygens (including phenoxy) is 4. The van der Waals surface area contributed by atoms with Crippen LogP contribution in [0.25, 0.3) is 10.8 Å². The van der Waals surface area contributed by atoms with Crippen molar-refractivity contribution in [3.05, 3.63) is 117 Å². The van der Waals surface area contributed by atoms with Crippen LogP contribution in [0.4, 0.5) is 22.7 Å². The van der Waals surface area contributed by atoms with Gasteiger partial charge < -0.3 is 39.4 Å². The monoisotopic (exact) mass is 1570 g/mol. The van der Waals surface area contributed by atoms with Crippen molar-refractivity contribution in [1.82, 2.24) is 0 Å². The average Bonchev–Trinajstić information content (AvgIpc) is 0.773. The van der Waals surface area contributed by atoms with Gasteiger partial charge in [0.2, 0.25) is 0 Å². The van der Waals surface area contributed by atoms with E-state index in [9.17, 15) is 20.4 Å². The molecule has 0 aliphatic carbocycles. The van der Waals surface area contributed by atoms with E-state index in [0.29, 0.717) is 105 Å². The highest BCUT2D eigenvalue weighted by atomic mass is 16.5. The minimum atomic E-state index is -0.355. The van der Waals surface area contributed by atoms with Crippen LogP contribution in [0, 0.1) is 0 Å². The fourth-order valence-electron chi connectivity index (χ4n) is 14.8. The molecule has 0 saturated heterocycles. The fraction of sp³-hybridized carbons (Fsp3) is 0.627. The quantitative estimate of drug-likeness (QED) is 0.0216. The van der Waals surface area contributed by atoms with Gasteiger partial charge in [-0.05, 0) is 106 Å². The second-order valence-corrected chi connectivity index (χ2v) is 36.7. The zero-order valence-corrected chi connectivity index (χ0v) is 74.6. The third-order valence-electron chi connectivity index (χ3n) is 22.3. The molecule has 0 bridgehead atoms. The van der Waals surface area contributed by atoms with Crippen LogP contribution in [0.2, 0.25) is 0 Å². The van der Waals surface area contributed by atoms with Gasteiger partial charge in [0.05, 0.1) is 49.2 Å². The molecule has 114 heavy (non-hydrogen) atoms. The summed E-state index contributed by atoms with van der Waals surface area (Å²) in [6.07, 6.45) is 55.3. The van der Waals surface area contributed by atoms with Crippen molar-refractivity contribution in [2.75, 3.05) is 26.4 Å². The second kappa shape index (κ2) is 51.0. The minimum Gasteiger partial charge on any atom is -0.507 e. The van der Waals surface area contributed by atoms with Gasteiger partial charge in [-0.3, -0.25) is 20.0 Å². The number of benzene rings is 6. The van der Waals surface area contributed by atoms with Crippen molar-refractivity contribution in [3.8, 4) is 46.0 Å². The first kappa shape index (κ1) is 95.5. The van der Waals surface area contributed by atoms with E-state index in [2.05, 4.69) is 123 Å². The zero-order valence-electron chi connectivity index (χ0n) is 74.6. The van der Waals surface area contributed by atoms with Gasteiger partial charge in [-0.15, -0.1) is 0 Å². The number of hydrogen-bond acceptors (Lipinski definition) is 12. The van der Waals surface area contributed by atoms with E-state index in [4.69, 9.17) is 38.9 Å². The van der Waals surface area contributed by atoms with E-state index < -0.39 is 0 Å². The smallest absolute Gasteiger partial charge is 0.163 e. The number of fused-ring (bicyclic) bond motifs is 1. The molecule has 4 N–H and O–H groups in total. The SMILES string of the molecule is CCCCCCCCCCCCOc1cc(N=Cc2cc(C(C)(C)C)cc(C(C)(C)C)c2O)c(N=Cc2c(O)ccc3c(C=Nc4cc(OCCCCCCCCCCCC)c(OCCCCCCCCCCCC)cc4N=Cc4cc(C(C)(C)C)cc(C(C)(C)C)c4O)c(O)ccc23)cc1OCCCCCCCCCCCC. The normalized spacial score (nSPS) is 12.5. The number of phenolic OH excluding ortho intramolecular Hbond substituents is 4. The summed E-state index contributed by atoms with van der Waals surface area (Å²) in [4.78, 5) is 20.9. The van der Waals surface area contributed by atoms with Crippen molar-refractivity contribution < 1.29 is 39.4 Å². The van der Waals surface area contributed by atoms with Crippen LogP contribution in [-0.2, 0) is 21.7 Å². The molecule has 6 aromatic rings. The van der Waals surface area contributed by atoms with Crippen LogP contribution in [0.1, 0.15) is 412 Å². The Kier molecular flexibility index (Phi) is 42.7. The van der Waals surface area contributed by atoms with E-state index in [0.717, 1.165) is 86.5 Å². The van der Waals surface area contributed by atoms with E-state index >= 15 is 0 Å². The Balaban J connectivity index is 1.47. The van der Waals surface area contributed by atoms with Gasteiger partial charge in [0.25, 0.3) is 0 Å². The molecule has 632 valence electrons. The highest BCUT2D eigenvalue weighted by molar-refractivity contribution is 6.10. The molecule has 6 aromatic carbocycles. The molecule has 0 aliphatic rings. The molecule has 0 radical (unpaired) electrons. The number of rotatable bonds is 56. The van der Waals surface area contributed by atoms with Crippen LogP contribution in [-0.4, -0.2) is 71.7 Å². The third kappa shape index (κ3) is 33.7. The summed E-state index contributed by atoms with van der Waals surface area (Å²) in [5.74, 6) is 2.62. The first-order chi connectivity index (χ1) is 54.7. The van der Waals surface area contributed by atoms with Gasteiger partial charge in [0.1, 0.15) is 23.0 Å². The molecule has 12 heteroatoms. The predicted molar refractivity (Wildman–Crippen MR) is 490 cm³/mol. The lowest BCUT2D eigenvalue weighted by Gasteiger charge is -2.27. The number of unbranched alkanes of at least 4 members (excludes halogenated alkanes) is 36. The molecule has 0 aromatic heterocycles. The Morgan fingerprint density at radius 2 is 0.482 bits per heavy atom. The van der Waals surface area contributed by atoms with Gasteiger partial charge in [0.15, 0.2) is 23.0 Å². The maximum Gasteiger partial charge on any atom is 0.163 e. The van der Waals surface area contributed by atoms with E-state index in [1.807, 2.05) is 36.4 Å². The Labute approximate surface area is 692 Å². The maximum atomic E-state index is 12.1. The summed E-state index contributed by atoms with van der Waals surface area (Å²) in [5.41, 5.74) is 6.63. The van der Waals surface area contributed by atoms with Crippen LogP contribution < -0.4 is 18.9 Å². The number of aliphatic imine (C=N–C) groups is 4. The number of hydrogen-bond donors (Lipinski definition) is 4. The number of aromatic hydroxyl groups is 4. The maximum absolute atomic E-state index is 12.1. The predicted octanol–water partition coefficient (Wildman–Crippen LogP) is 31.1. The summed E-state index contributed by atoms with van der Waals surface area (Å²) < 4.78 is 27.0. The summed E-state index contributed by atoms with van der Waals surface area (Å²) in [6, 6.07) is 22.8. The number of phenols is 4. The number of nitrogens with zero attached hydrogens (tertiary/aromatic N) is 4. The molecular weight excluding hydrogens is 1410 g/mol. The molecule has 0 heterocycles. The van der Waals surface area contributed by atoms with Gasteiger partial charge in [0, 0.05) is 82.5 Å². The summed E-state index contributed by atoms with van der Waals surface area (Å²) in [5, 5.41) is 49.6. The molecule has 0 spiro atoms. The van der Waals surface area contributed by atoms with Crippen LogP contribution >= 0.6 is 0 Å². The van der Waals surface area contributed by atoms with Crippen molar-refractivity contribution in [1.29, 1.82) is 0 Å². The Morgan fingerprint density at radius 3 is 0.702 bits per heavy atom. The topological polar surface area (TPSA) is 167 Å². The molecular formula is C102H156N4O8. The van der Waals surface area contributed by atoms with Gasteiger partial charge >= 0.3 is 0 Å². The molecule has 0 unspecified atom stereocenters. The van der Waals surface area contributed by atoms with Crippen molar-refractivity contribution in [2.45, 2.75) is 389 Å². The van der Waals surface area contributed by atoms with Crippen LogP contribution in [0.3, 0.4) is 0 Å². The highest BCUT2D eigenvalue weighted by Gasteiger charge is 2.28. The first-order valence-corrected chi connectivity index (χ1v) is 45.5. The molecule has 0 fully saturated rings. The zero-order chi connectivity index (χ0) is 82.8. The van der Waals surface area contributed by atoms with E-state index in [1.165, 1.54) is 193 Å². The van der Waals surface area contributed by atoms with Gasteiger partial charge in [-0.1, -0.05) is 354 Å². The summed E-state index contributed by atoms with van der Waals surface area (Å²) in [7, 11) is 0. The van der Waals surface area contributed by atoms with Crippen molar-refractivity contribution >= 4 is 58.4 Å². The van der Waals surface area contributed by atoms with E-state index in [-0.39, 0.29) is 44.7 Å². The molecule has 0 saturated carbocycles. The Morgan fingerprint density at radius 1 is 0.263 bits per heavy atom. The van der Waals surface area contributed by atoms with Gasteiger partial charge in [-0.25, -0.2) is 0 Å². The molecule has 0 atom stereocenters. The highest BCUT2D eigenvalue weighted by Crippen LogP contribution is 2.46. The Bertz CT molecular complexity index is 3640. The Hall–Kier alpha value is -7.34. The minimum absolute atomic E-state index is 0.0139. The second-order valence-electron chi connectivity index (χ2n) is 36.7. The van der Waals surface area contributed by atoms with Crippen molar-refractivity contribution in [3.63, 3.8) is 0 Å². The van der Waals surface area contributed by atoms with Crippen LogP contribution in [0.5, 0.6) is 46.0 Å². The molecule has 0 amide bonds. The lowest BCUT2D eigenvalue weighted by Crippen LogP contribution is -2.17. The summed E-state index contributed by atoms with van der Waals surface area (Å²) in [6.45, 7) is 36.9. The third-order valence-corrected chi connectivity index (χ3v) is 22.3. The fourth-order valence-corrected chi connectivity index (χ4v) is 14.8. The van der Waals surface area contributed by atoms with Gasteiger partial charge in [-0.2, -0.15) is 0 Å². The lowest BCUT2D eigenvalue weighted by molar-refractivity contribution is 0.258. The average molecular weight is 1570 g/mol. The van der Waals surface area contributed by atoms with E-state index in [1.54, 1.807) is 49.1 Å². The van der Waals surface area contributed by atoms with Crippen LogP contribution in [0.15, 0.2) is 92.8 Å². The largest absolute Gasteiger partial charge is 0.507 e. The molecule has 12 nitrogen and oxygen atoms in total. The molecule has 6 rings (SSSR count). The summed E-state index contributed by atoms with van der Waals surface area (Å²) >= 11 is 0. The molecule has 0 aliphatic heterocycles. The van der Waals surface area contributed by atoms with Crippen molar-refractivity contribution in [2.24, 2.45) is 20.0 Å². The first-order valence-electron chi connectivity index (χ1n) is 45.5.